The molecule has 0 spiro atoms. The average Bonchev–Trinajstić information content (AvgIpc) is 3.03. The Morgan fingerprint density at radius 1 is 1.24 bits per heavy atom. The lowest BCUT2D eigenvalue weighted by Crippen LogP contribution is -2.19. The van der Waals surface area contributed by atoms with Crippen LogP contribution in [-0.4, -0.2) is 32.7 Å². The predicted octanol–water partition coefficient (Wildman–Crippen LogP) is 2.73. The van der Waals surface area contributed by atoms with Crippen molar-refractivity contribution < 1.29 is 5.11 Å². The summed E-state index contributed by atoms with van der Waals surface area (Å²) in [5, 5.41) is 13.2. The Hall–Kier alpha value is -2.07. The molecule has 25 heavy (non-hydrogen) atoms. The van der Waals surface area contributed by atoms with Crippen LogP contribution in [0, 0.1) is 17.8 Å². The summed E-state index contributed by atoms with van der Waals surface area (Å²) in [4.78, 5) is 12.2. The number of anilines is 2. The lowest BCUT2D eigenvalue weighted by atomic mass is 10.1. The van der Waals surface area contributed by atoms with E-state index in [9.17, 15) is 5.11 Å². The van der Waals surface area contributed by atoms with Crippen LogP contribution in [0.4, 0.5) is 11.8 Å². The van der Waals surface area contributed by atoms with Crippen LogP contribution in [0.5, 0.6) is 0 Å². The fourth-order valence-electron chi connectivity index (χ4n) is 2.81. The number of aliphatic hydroxyl groups is 1. The topological polar surface area (TPSA) is 97.0 Å². The van der Waals surface area contributed by atoms with Gasteiger partial charge in [-0.15, -0.1) is 0 Å². The van der Waals surface area contributed by atoms with E-state index in [0.717, 1.165) is 19.3 Å². The van der Waals surface area contributed by atoms with Crippen LogP contribution in [0.2, 0.25) is 10.3 Å². The van der Waals surface area contributed by atoms with E-state index >= 15 is 0 Å². The van der Waals surface area contributed by atoms with E-state index in [1.165, 1.54) is 0 Å². The van der Waals surface area contributed by atoms with Crippen LogP contribution in [0.1, 0.15) is 30.4 Å². The third-order valence-corrected chi connectivity index (χ3v) is 4.58. The van der Waals surface area contributed by atoms with Crippen LogP contribution >= 0.6 is 23.2 Å². The Balaban J connectivity index is 1.87. The van der Waals surface area contributed by atoms with Gasteiger partial charge in [-0.25, -0.2) is 4.98 Å². The molecule has 1 aliphatic rings. The van der Waals surface area contributed by atoms with Gasteiger partial charge in [-0.05, 0) is 37.3 Å². The third-order valence-electron chi connectivity index (χ3n) is 4.08. The van der Waals surface area contributed by atoms with Gasteiger partial charge < -0.3 is 16.2 Å². The van der Waals surface area contributed by atoms with Crippen molar-refractivity contribution in [3.63, 3.8) is 0 Å². The molecular weight excluding hydrogens is 361 g/mol. The van der Waals surface area contributed by atoms with E-state index in [0.29, 0.717) is 28.0 Å². The van der Waals surface area contributed by atoms with Gasteiger partial charge in [0.05, 0.1) is 0 Å². The molecule has 2 aromatic heterocycles. The number of aromatic nitrogens is 3. The summed E-state index contributed by atoms with van der Waals surface area (Å²) in [6, 6.07) is 3.63. The zero-order valence-corrected chi connectivity index (χ0v) is 14.8. The fraction of sp³-hybridized carbons (Fsp3) is 0.353. The number of rotatable bonds is 3. The second-order valence-corrected chi connectivity index (χ2v) is 6.66. The second kappa shape index (κ2) is 7.87. The van der Waals surface area contributed by atoms with Crippen LogP contribution in [0.15, 0.2) is 18.3 Å². The number of nitrogens with two attached hydrogens (primary N) is 1. The summed E-state index contributed by atoms with van der Waals surface area (Å²) in [5.74, 6) is 6.87. The molecule has 0 aliphatic heterocycles. The number of hydrogen-bond acceptors (Lipinski definition) is 6. The largest absolute Gasteiger partial charge is 0.396 e. The van der Waals surface area contributed by atoms with Crippen molar-refractivity contribution in [3.05, 3.63) is 39.8 Å². The molecule has 4 N–H and O–H groups in total. The minimum Gasteiger partial charge on any atom is -0.396 e. The van der Waals surface area contributed by atoms with Crippen molar-refractivity contribution in [1.29, 1.82) is 0 Å². The number of pyridine rings is 1. The van der Waals surface area contributed by atoms with Crippen molar-refractivity contribution >= 4 is 35.0 Å². The van der Waals surface area contributed by atoms with Gasteiger partial charge in [-0.2, -0.15) is 9.97 Å². The maximum Gasteiger partial charge on any atom is 0.223 e. The molecule has 2 aromatic rings. The van der Waals surface area contributed by atoms with Crippen molar-refractivity contribution in [2.45, 2.75) is 25.3 Å². The number of hydrogen-bond donors (Lipinski definition) is 3. The normalized spacial score (nSPS) is 19.3. The molecule has 2 atom stereocenters. The number of nitrogen functional groups attached to an aromatic ring is 1. The lowest BCUT2D eigenvalue weighted by Gasteiger charge is -2.15. The van der Waals surface area contributed by atoms with Crippen molar-refractivity contribution in [3.8, 4) is 11.8 Å². The van der Waals surface area contributed by atoms with Gasteiger partial charge in [0.25, 0.3) is 0 Å². The van der Waals surface area contributed by atoms with E-state index in [2.05, 4.69) is 32.1 Å². The highest BCUT2D eigenvalue weighted by molar-refractivity contribution is 6.31. The van der Waals surface area contributed by atoms with Gasteiger partial charge in [-0.1, -0.05) is 35.0 Å². The standard InChI is InChI=1S/C17H17Cl2N5O/c18-14-6-3-10(8-21-14)2-5-13-15(19)23-17(20)24-16(13)22-12-4-1-11(7-12)9-25/h3,6,8,11-12,25H,1,4,7,9H2,(H3,20,22,23,24). The first-order chi connectivity index (χ1) is 12.0. The summed E-state index contributed by atoms with van der Waals surface area (Å²) in [6.07, 6.45) is 4.37. The first-order valence-electron chi connectivity index (χ1n) is 7.89. The number of halogens is 2. The number of nitrogens with one attached hydrogen (secondary N) is 1. The molecule has 2 unspecified atom stereocenters. The van der Waals surface area contributed by atoms with Crippen molar-refractivity contribution in [2.75, 3.05) is 17.7 Å². The molecule has 130 valence electrons. The van der Waals surface area contributed by atoms with Crippen molar-refractivity contribution in [1.82, 2.24) is 15.0 Å². The summed E-state index contributed by atoms with van der Waals surface area (Å²) < 4.78 is 0. The highest BCUT2D eigenvalue weighted by atomic mass is 35.5. The van der Waals surface area contributed by atoms with Crippen LogP contribution in [-0.2, 0) is 0 Å². The Morgan fingerprint density at radius 2 is 2.08 bits per heavy atom. The summed E-state index contributed by atoms with van der Waals surface area (Å²) >= 11 is 12.0. The van der Waals surface area contributed by atoms with Crippen LogP contribution in [0.3, 0.4) is 0 Å². The molecule has 8 heteroatoms. The average molecular weight is 378 g/mol. The van der Waals surface area contributed by atoms with Gasteiger partial charge in [0, 0.05) is 24.4 Å². The Bertz CT molecular complexity index is 816. The molecule has 6 nitrogen and oxygen atoms in total. The molecule has 0 radical (unpaired) electrons. The summed E-state index contributed by atoms with van der Waals surface area (Å²) in [6.45, 7) is 0.196. The van der Waals surface area contributed by atoms with Crippen molar-refractivity contribution in [2.24, 2.45) is 5.92 Å². The molecule has 0 amide bonds. The minimum atomic E-state index is 0.0860. The summed E-state index contributed by atoms with van der Waals surface area (Å²) in [5.41, 5.74) is 6.90. The highest BCUT2D eigenvalue weighted by Crippen LogP contribution is 2.29. The van der Waals surface area contributed by atoms with E-state index in [1.807, 2.05) is 0 Å². The molecule has 3 rings (SSSR count). The van der Waals surface area contributed by atoms with Gasteiger partial charge in [0.1, 0.15) is 16.5 Å². The molecule has 0 bridgehead atoms. The summed E-state index contributed by atoms with van der Waals surface area (Å²) in [7, 11) is 0. The van der Waals surface area contributed by atoms with Gasteiger partial charge in [0.15, 0.2) is 5.15 Å². The van der Waals surface area contributed by atoms with Crippen LogP contribution in [0.25, 0.3) is 0 Å². The molecule has 1 saturated carbocycles. The lowest BCUT2D eigenvalue weighted by molar-refractivity contribution is 0.229. The number of aliphatic hydroxyl groups excluding tert-OH is 1. The fourth-order valence-corrected chi connectivity index (χ4v) is 3.15. The van der Waals surface area contributed by atoms with Gasteiger partial charge in [0.2, 0.25) is 5.95 Å². The first kappa shape index (κ1) is 17.7. The molecular formula is C17H17Cl2N5O. The molecule has 0 saturated heterocycles. The predicted molar refractivity (Wildman–Crippen MR) is 98.5 cm³/mol. The molecule has 1 aliphatic carbocycles. The van der Waals surface area contributed by atoms with E-state index in [4.69, 9.17) is 28.9 Å². The van der Waals surface area contributed by atoms with Crippen LogP contribution < -0.4 is 11.1 Å². The van der Waals surface area contributed by atoms with E-state index < -0.39 is 0 Å². The highest BCUT2D eigenvalue weighted by Gasteiger charge is 2.25. The van der Waals surface area contributed by atoms with Gasteiger partial charge in [-0.3, -0.25) is 0 Å². The zero-order valence-electron chi connectivity index (χ0n) is 13.3. The van der Waals surface area contributed by atoms with E-state index in [1.54, 1.807) is 18.3 Å². The SMILES string of the molecule is Nc1nc(Cl)c(C#Cc2ccc(Cl)nc2)c(NC2CCC(CO)C2)n1. The smallest absolute Gasteiger partial charge is 0.223 e. The Labute approximate surface area is 155 Å². The maximum absolute atomic E-state index is 9.29. The van der Waals surface area contributed by atoms with E-state index in [-0.39, 0.29) is 23.8 Å². The Morgan fingerprint density at radius 3 is 2.76 bits per heavy atom. The third kappa shape index (κ3) is 4.51. The second-order valence-electron chi connectivity index (χ2n) is 5.92. The quantitative estimate of drug-likeness (QED) is 0.432. The van der Waals surface area contributed by atoms with Gasteiger partial charge >= 0.3 is 0 Å². The maximum atomic E-state index is 9.29. The molecule has 1 fully saturated rings. The number of nitrogens with zero attached hydrogens (tertiary/aromatic N) is 3. The molecule has 2 heterocycles. The first-order valence-corrected chi connectivity index (χ1v) is 8.64. The Kier molecular flexibility index (Phi) is 5.59. The monoisotopic (exact) mass is 377 g/mol. The molecule has 0 aromatic carbocycles. The minimum absolute atomic E-state index is 0.0860. The zero-order chi connectivity index (χ0) is 17.8.